The van der Waals surface area contributed by atoms with Gasteiger partial charge in [-0.15, -0.1) is 13.2 Å². The van der Waals surface area contributed by atoms with E-state index in [2.05, 4.69) is 15.4 Å². The Bertz CT molecular complexity index is 855. The van der Waals surface area contributed by atoms with Crippen LogP contribution in [0.15, 0.2) is 0 Å². The minimum atomic E-state index is -5.05. The van der Waals surface area contributed by atoms with Gasteiger partial charge in [0.25, 0.3) is 5.91 Å². The second-order valence-electron chi connectivity index (χ2n) is 10.4. The molecule has 0 aromatic rings. The largest absolute Gasteiger partial charge is 0.522 e. The topological polar surface area (TPSA) is 125 Å². The molecule has 13 heteroatoms. The molecule has 3 rings (SSSR count). The molecule has 35 heavy (non-hydrogen) atoms. The highest BCUT2D eigenvalue weighted by molar-refractivity contribution is 5.95. The normalized spacial score (nSPS) is 25.3. The van der Waals surface area contributed by atoms with Gasteiger partial charge in [0.15, 0.2) is 5.78 Å². The molecule has 1 spiro atoms. The molecular weight excluding hydrogens is 478 g/mol. The van der Waals surface area contributed by atoms with Crippen LogP contribution in [-0.2, 0) is 23.9 Å². The molecule has 0 bridgehead atoms. The van der Waals surface area contributed by atoms with E-state index in [1.165, 1.54) is 13.8 Å². The first-order valence-electron chi connectivity index (χ1n) is 11.6. The van der Waals surface area contributed by atoms with Gasteiger partial charge in [-0.1, -0.05) is 0 Å². The van der Waals surface area contributed by atoms with Crippen molar-refractivity contribution in [1.29, 1.82) is 0 Å². The van der Waals surface area contributed by atoms with Crippen molar-refractivity contribution >= 4 is 23.5 Å². The van der Waals surface area contributed by atoms with Gasteiger partial charge in [-0.25, -0.2) is 4.39 Å². The summed E-state index contributed by atoms with van der Waals surface area (Å²) in [5, 5.41) is 15.2. The van der Waals surface area contributed by atoms with Crippen LogP contribution in [0.1, 0.15) is 52.4 Å². The van der Waals surface area contributed by atoms with Gasteiger partial charge in [0, 0.05) is 25.4 Å². The number of aliphatic hydroxyl groups excluding tert-OH is 1. The Labute approximate surface area is 199 Å². The highest BCUT2D eigenvalue weighted by Gasteiger charge is 2.56. The molecule has 9 nitrogen and oxygen atoms in total. The molecule has 3 amide bonds. The number of nitrogens with zero attached hydrogens (tertiary/aromatic N) is 1. The third-order valence-corrected chi connectivity index (χ3v) is 6.78. The van der Waals surface area contributed by atoms with Gasteiger partial charge < -0.3 is 20.6 Å². The van der Waals surface area contributed by atoms with Gasteiger partial charge >= 0.3 is 6.36 Å². The van der Waals surface area contributed by atoms with Crippen LogP contribution in [0.25, 0.3) is 0 Å². The van der Waals surface area contributed by atoms with E-state index in [0.29, 0.717) is 13.0 Å². The number of hydrogen-bond donors (Lipinski definition) is 3. The van der Waals surface area contributed by atoms with Crippen molar-refractivity contribution in [2.24, 2.45) is 11.3 Å². The second-order valence-corrected chi connectivity index (χ2v) is 10.4. The SMILES string of the molecule is CC(C)(F)C[C@H](O)C(=O)N1CC2(CC2)C[C@H]1C(=O)N[C@@H](C[C@@H]1CCNC1=O)C(=O)COC(F)(F)F. The van der Waals surface area contributed by atoms with Gasteiger partial charge in [-0.05, 0) is 51.4 Å². The van der Waals surface area contributed by atoms with E-state index in [9.17, 15) is 41.8 Å². The lowest BCUT2D eigenvalue weighted by molar-refractivity contribution is -0.321. The number of carbonyl (C=O) groups is 4. The summed E-state index contributed by atoms with van der Waals surface area (Å²) in [5.74, 6) is -3.72. The van der Waals surface area contributed by atoms with E-state index in [1.54, 1.807) is 0 Å². The van der Waals surface area contributed by atoms with E-state index in [4.69, 9.17) is 0 Å². The van der Waals surface area contributed by atoms with Crippen molar-refractivity contribution < 1.29 is 46.6 Å². The average Bonchev–Trinajstić information content (AvgIpc) is 3.19. The number of alkyl halides is 4. The zero-order chi connectivity index (χ0) is 26.2. The van der Waals surface area contributed by atoms with Gasteiger partial charge in [0.05, 0.1) is 6.04 Å². The lowest BCUT2D eigenvalue weighted by Gasteiger charge is -2.29. The molecule has 3 fully saturated rings. The van der Waals surface area contributed by atoms with Crippen LogP contribution in [0.4, 0.5) is 17.6 Å². The zero-order valence-electron chi connectivity index (χ0n) is 19.6. The quantitative estimate of drug-likeness (QED) is 0.377. The number of rotatable bonds is 10. The summed E-state index contributed by atoms with van der Waals surface area (Å²) in [6.07, 6.45) is -5.34. The van der Waals surface area contributed by atoms with Crippen LogP contribution in [0.3, 0.4) is 0 Å². The molecule has 0 unspecified atom stereocenters. The number of Topliss-reactive ketones (excluding diaryl/α,β-unsaturated/α-hetero) is 1. The van der Waals surface area contributed by atoms with Crippen LogP contribution < -0.4 is 10.6 Å². The molecule has 0 radical (unpaired) electrons. The number of halogens is 4. The molecule has 1 aliphatic carbocycles. The molecule has 3 N–H and O–H groups in total. The summed E-state index contributed by atoms with van der Waals surface area (Å²) in [6, 6.07) is -2.53. The molecule has 1 saturated carbocycles. The maximum absolute atomic E-state index is 14.0. The molecular formula is C22H31F4N3O6. The van der Waals surface area contributed by atoms with Crippen molar-refractivity contribution in [1.82, 2.24) is 15.5 Å². The number of likely N-dealkylation sites (tertiary alicyclic amines) is 1. The van der Waals surface area contributed by atoms with Gasteiger partial charge in [0.1, 0.15) is 24.4 Å². The standard InChI is InChI=1S/C22H31F4N3O6/c1-20(2,23)9-15(30)19(34)29-11-21(4-5-21)8-14(29)18(33)28-13(7-12-3-6-27-17(12)32)16(31)10-35-22(24,25)26/h12-15,30H,3-11H2,1-2H3,(H,27,32)(H,28,33)/t12-,13-,14-,15-/m0/s1. The summed E-state index contributed by atoms with van der Waals surface area (Å²) in [6.45, 7) is 1.59. The van der Waals surface area contributed by atoms with Crippen molar-refractivity contribution in [3.05, 3.63) is 0 Å². The minimum Gasteiger partial charge on any atom is -0.383 e. The maximum atomic E-state index is 14.0. The maximum Gasteiger partial charge on any atom is 0.522 e. The molecule has 0 aromatic heterocycles. The minimum absolute atomic E-state index is 0.175. The Morgan fingerprint density at radius 1 is 1.26 bits per heavy atom. The van der Waals surface area contributed by atoms with E-state index < -0.39 is 66.8 Å². The molecule has 2 saturated heterocycles. The Morgan fingerprint density at radius 2 is 1.91 bits per heavy atom. The molecule has 198 valence electrons. The van der Waals surface area contributed by atoms with Crippen LogP contribution in [0, 0.1) is 11.3 Å². The fourth-order valence-corrected chi connectivity index (χ4v) is 4.75. The average molecular weight is 509 g/mol. The molecule has 2 aliphatic heterocycles. The molecule has 2 heterocycles. The number of ether oxygens (including phenoxy) is 1. The molecule has 3 aliphatic rings. The number of nitrogens with one attached hydrogen (secondary N) is 2. The summed E-state index contributed by atoms with van der Waals surface area (Å²) in [4.78, 5) is 51.7. The summed E-state index contributed by atoms with van der Waals surface area (Å²) in [5.41, 5.74) is -2.14. The van der Waals surface area contributed by atoms with Crippen LogP contribution >= 0.6 is 0 Å². The van der Waals surface area contributed by atoms with E-state index in [-0.39, 0.29) is 30.7 Å². The Hall–Kier alpha value is -2.28. The Balaban J connectivity index is 1.73. The monoisotopic (exact) mass is 509 g/mol. The van der Waals surface area contributed by atoms with E-state index in [0.717, 1.165) is 17.7 Å². The second kappa shape index (κ2) is 10.00. The van der Waals surface area contributed by atoms with Gasteiger partial charge in [-0.2, -0.15) is 0 Å². The molecule has 0 aromatic carbocycles. The predicted molar refractivity (Wildman–Crippen MR) is 112 cm³/mol. The van der Waals surface area contributed by atoms with E-state index in [1.807, 2.05) is 0 Å². The third kappa shape index (κ3) is 7.35. The van der Waals surface area contributed by atoms with Crippen molar-refractivity contribution in [2.45, 2.75) is 82.6 Å². The van der Waals surface area contributed by atoms with Crippen LogP contribution in [0.2, 0.25) is 0 Å². The zero-order valence-corrected chi connectivity index (χ0v) is 19.6. The Kier molecular flexibility index (Phi) is 7.80. The Morgan fingerprint density at radius 3 is 2.43 bits per heavy atom. The highest BCUT2D eigenvalue weighted by Crippen LogP contribution is 2.55. The van der Waals surface area contributed by atoms with Crippen LogP contribution in [-0.4, -0.2) is 83.4 Å². The number of carbonyl (C=O) groups excluding carboxylic acids is 4. The van der Waals surface area contributed by atoms with Crippen molar-refractivity contribution in [3.8, 4) is 0 Å². The van der Waals surface area contributed by atoms with Crippen molar-refractivity contribution in [3.63, 3.8) is 0 Å². The lowest BCUT2D eigenvalue weighted by atomic mass is 9.95. The summed E-state index contributed by atoms with van der Waals surface area (Å²) < 4.78 is 55.0. The lowest BCUT2D eigenvalue weighted by Crippen LogP contribution is -2.54. The fraction of sp³-hybridized carbons (Fsp3) is 0.818. The molecule has 4 atom stereocenters. The number of amides is 3. The smallest absolute Gasteiger partial charge is 0.383 e. The summed E-state index contributed by atoms with van der Waals surface area (Å²) >= 11 is 0. The van der Waals surface area contributed by atoms with Gasteiger partial charge in [-0.3, -0.25) is 23.9 Å². The fourth-order valence-electron chi connectivity index (χ4n) is 4.75. The van der Waals surface area contributed by atoms with Gasteiger partial charge in [0.2, 0.25) is 11.8 Å². The van der Waals surface area contributed by atoms with Crippen LogP contribution in [0.5, 0.6) is 0 Å². The number of aliphatic hydroxyl groups is 1. The highest BCUT2D eigenvalue weighted by atomic mass is 19.4. The number of ketones is 1. The summed E-state index contributed by atoms with van der Waals surface area (Å²) in [7, 11) is 0. The predicted octanol–water partition coefficient (Wildman–Crippen LogP) is 0.983. The number of hydrogen-bond acceptors (Lipinski definition) is 6. The first-order valence-corrected chi connectivity index (χ1v) is 11.6. The first-order chi connectivity index (χ1) is 16.1. The third-order valence-electron chi connectivity index (χ3n) is 6.78. The van der Waals surface area contributed by atoms with E-state index >= 15 is 0 Å². The first kappa shape index (κ1) is 27.3. The van der Waals surface area contributed by atoms with Crippen molar-refractivity contribution in [2.75, 3.05) is 19.7 Å².